The maximum atomic E-state index is 3.55. The monoisotopic (exact) mass is 215 g/mol. The Hall–Kier alpha value is -0.820. The molecule has 1 nitrogen and oxygen atoms in total. The average molecular weight is 215 g/mol. The first kappa shape index (κ1) is 10.3. The highest BCUT2D eigenvalue weighted by atomic mass is 14.9. The maximum Gasteiger partial charge on any atom is 0.00926 e. The lowest BCUT2D eigenvalue weighted by molar-refractivity contribution is 0.393. The lowest BCUT2D eigenvalue weighted by Gasteiger charge is -2.35. The van der Waals surface area contributed by atoms with E-state index >= 15 is 0 Å². The predicted molar refractivity (Wildman–Crippen MR) is 67.9 cm³/mol. The minimum absolute atomic E-state index is 0.486. The molecule has 0 bridgehead atoms. The Morgan fingerprint density at radius 1 is 1.31 bits per heavy atom. The summed E-state index contributed by atoms with van der Waals surface area (Å²) in [6.07, 6.45) is 6.56. The van der Waals surface area contributed by atoms with E-state index in [-0.39, 0.29) is 0 Å². The molecule has 1 aliphatic heterocycles. The van der Waals surface area contributed by atoms with Crippen LogP contribution in [0.15, 0.2) is 18.2 Å². The van der Waals surface area contributed by atoms with Gasteiger partial charge in [-0.15, -0.1) is 0 Å². The molecule has 1 aromatic carbocycles. The summed E-state index contributed by atoms with van der Waals surface area (Å²) in [4.78, 5) is 0. The molecule has 1 N–H and O–H groups in total. The van der Waals surface area contributed by atoms with Crippen molar-refractivity contribution in [1.82, 2.24) is 5.32 Å². The SMILES string of the molecule is CCc1ccc2c(c1)CCC[C@@]21CCNC1. The van der Waals surface area contributed by atoms with Crippen molar-refractivity contribution in [3.8, 4) is 0 Å². The zero-order valence-electron chi connectivity index (χ0n) is 10.2. The van der Waals surface area contributed by atoms with Crippen molar-refractivity contribution in [3.05, 3.63) is 34.9 Å². The number of nitrogens with one attached hydrogen (secondary N) is 1. The molecule has 16 heavy (non-hydrogen) atoms. The van der Waals surface area contributed by atoms with Gasteiger partial charge < -0.3 is 5.32 Å². The zero-order chi connectivity index (χ0) is 11.0. The Bertz CT molecular complexity index is 388. The molecule has 1 saturated heterocycles. The summed E-state index contributed by atoms with van der Waals surface area (Å²) >= 11 is 0. The van der Waals surface area contributed by atoms with E-state index in [0.717, 1.165) is 0 Å². The summed E-state index contributed by atoms with van der Waals surface area (Å²) in [6.45, 7) is 4.65. The standard InChI is InChI=1S/C15H21N/c1-2-12-5-6-14-13(10-12)4-3-7-15(14)8-9-16-11-15/h5-6,10,16H,2-4,7-9,11H2,1H3/t15-/m0/s1. The van der Waals surface area contributed by atoms with Crippen LogP contribution in [0, 0.1) is 0 Å². The molecule has 1 heteroatoms. The third-order valence-corrected chi connectivity index (χ3v) is 4.49. The Labute approximate surface area is 98.3 Å². The largest absolute Gasteiger partial charge is 0.316 e. The first-order valence-corrected chi connectivity index (χ1v) is 6.67. The summed E-state index contributed by atoms with van der Waals surface area (Å²) in [5.74, 6) is 0. The van der Waals surface area contributed by atoms with Crippen LogP contribution in [0.25, 0.3) is 0 Å². The molecule has 2 aliphatic rings. The molecular formula is C15H21N. The van der Waals surface area contributed by atoms with Gasteiger partial charge in [0.1, 0.15) is 0 Å². The van der Waals surface area contributed by atoms with Gasteiger partial charge in [0, 0.05) is 12.0 Å². The van der Waals surface area contributed by atoms with Crippen LogP contribution in [0.5, 0.6) is 0 Å². The normalized spacial score (nSPS) is 28.3. The van der Waals surface area contributed by atoms with Gasteiger partial charge in [0.2, 0.25) is 0 Å². The predicted octanol–water partition coefficient (Wildman–Crippen LogP) is 2.82. The molecule has 1 spiro atoms. The van der Waals surface area contributed by atoms with Gasteiger partial charge in [-0.2, -0.15) is 0 Å². The minimum atomic E-state index is 0.486. The summed E-state index contributed by atoms with van der Waals surface area (Å²) in [6, 6.07) is 7.21. The van der Waals surface area contributed by atoms with Crippen molar-refractivity contribution >= 4 is 0 Å². The van der Waals surface area contributed by atoms with Crippen LogP contribution in [-0.4, -0.2) is 13.1 Å². The Morgan fingerprint density at radius 2 is 2.25 bits per heavy atom. The van der Waals surface area contributed by atoms with E-state index in [1.54, 1.807) is 11.1 Å². The van der Waals surface area contributed by atoms with Crippen LogP contribution in [0.4, 0.5) is 0 Å². The van der Waals surface area contributed by atoms with Crippen molar-refractivity contribution in [3.63, 3.8) is 0 Å². The van der Waals surface area contributed by atoms with Crippen LogP contribution < -0.4 is 5.32 Å². The van der Waals surface area contributed by atoms with Gasteiger partial charge in [0.05, 0.1) is 0 Å². The van der Waals surface area contributed by atoms with Gasteiger partial charge in [-0.1, -0.05) is 25.1 Å². The van der Waals surface area contributed by atoms with Crippen molar-refractivity contribution in [2.75, 3.05) is 13.1 Å². The van der Waals surface area contributed by atoms with Gasteiger partial charge in [0.15, 0.2) is 0 Å². The minimum Gasteiger partial charge on any atom is -0.316 e. The van der Waals surface area contributed by atoms with Crippen molar-refractivity contribution in [2.24, 2.45) is 0 Å². The molecule has 0 amide bonds. The van der Waals surface area contributed by atoms with Gasteiger partial charge in [-0.25, -0.2) is 0 Å². The second kappa shape index (κ2) is 3.89. The molecule has 0 aromatic heterocycles. The second-order valence-corrected chi connectivity index (χ2v) is 5.41. The fourth-order valence-corrected chi connectivity index (χ4v) is 3.53. The van der Waals surface area contributed by atoms with Crippen LogP contribution in [-0.2, 0) is 18.3 Å². The van der Waals surface area contributed by atoms with Gasteiger partial charge in [0.25, 0.3) is 0 Å². The molecule has 1 atom stereocenters. The van der Waals surface area contributed by atoms with Crippen LogP contribution in [0.2, 0.25) is 0 Å². The fraction of sp³-hybridized carbons (Fsp3) is 0.600. The topological polar surface area (TPSA) is 12.0 Å². The summed E-state index contributed by atoms with van der Waals surface area (Å²) in [5, 5.41) is 3.55. The zero-order valence-corrected chi connectivity index (χ0v) is 10.2. The van der Waals surface area contributed by atoms with Crippen molar-refractivity contribution in [2.45, 2.75) is 44.4 Å². The van der Waals surface area contributed by atoms with Crippen LogP contribution in [0.3, 0.4) is 0 Å². The van der Waals surface area contributed by atoms with E-state index in [1.165, 1.54) is 50.8 Å². The average Bonchev–Trinajstić information content (AvgIpc) is 2.78. The third kappa shape index (κ3) is 1.49. The summed E-state index contributed by atoms with van der Waals surface area (Å²) in [5.41, 5.74) is 5.27. The van der Waals surface area contributed by atoms with E-state index in [0.29, 0.717) is 5.41 Å². The van der Waals surface area contributed by atoms with E-state index < -0.39 is 0 Å². The van der Waals surface area contributed by atoms with Gasteiger partial charge in [-0.3, -0.25) is 0 Å². The number of fused-ring (bicyclic) bond motifs is 2. The highest BCUT2D eigenvalue weighted by Gasteiger charge is 2.38. The van der Waals surface area contributed by atoms with Gasteiger partial charge >= 0.3 is 0 Å². The molecular weight excluding hydrogens is 194 g/mol. The second-order valence-electron chi connectivity index (χ2n) is 5.41. The number of aryl methyl sites for hydroxylation is 2. The highest BCUT2D eigenvalue weighted by Crippen LogP contribution is 2.41. The lowest BCUT2D eigenvalue weighted by atomic mass is 9.69. The smallest absolute Gasteiger partial charge is 0.00926 e. The fourth-order valence-electron chi connectivity index (χ4n) is 3.53. The summed E-state index contributed by atoms with van der Waals surface area (Å²) < 4.78 is 0. The Morgan fingerprint density at radius 3 is 3.00 bits per heavy atom. The molecule has 1 aromatic rings. The van der Waals surface area contributed by atoms with Crippen molar-refractivity contribution in [1.29, 1.82) is 0 Å². The van der Waals surface area contributed by atoms with Gasteiger partial charge in [-0.05, 0) is 55.3 Å². The van der Waals surface area contributed by atoms with Crippen LogP contribution in [0.1, 0.15) is 42.9 Å². The first-order valence-electron chi connectivity index (χ1n) is 6.67. The molecule has 1 fully saturated rings. The highest BCUT2D eigenvalue weighted by molar-refractivity contribution is 5.41. The first-order chi connectivity index (χ1) is 7.84. The third-order valence-electron chi connectivity index (χ3n) is 4.49. The molecule has 0 unspecified atom stereocenters. The number of benzene rings is 1. The molecule has 3 rings (SSSR count). The van der Waals surface area contributed by atoms with E-state index in [1.807, 2.05) is 0 Å². The number of hydrogen-bond donors (Lipinski definition) is 1. The van der Waals surface area contributed by atoms with E-state index in [2.05, 4.69) is 30.4 Å². The lowest BCUT2D eigenvalue weighted by Crippen LogP contribution is -2.33. The quantitative estimate of drug-likeness (QED) is 0.759. The molecule has 0 radical (unpaired) electrons. The molecule has 86 valence electrons. The Balaban J connectivity index is 2.05. The van der Waals surface area contributed by atoms with E-state index in [9.17, 15) is 0 Å². The number of rotatable bonds is 1. The molecule has 1 aliphatic carbocycles. The van der Waals surface area contributed by atoms with E-state index in [4.69, 9.17) is 0 Å². The Kier molecular flexibility index (Phi) is 2.51. The van der Waals surface area contributed by atoms with Crippen molar-refractivity contribution < 1.29 is 0 Å². The number of hydrogen-bond acceptors (Lipinski definition) is 1. The summed E-state index contributed by atoms with van der Waals surface area (Å²) in [7, 11) is 0. The molecule has 0 saturated carbocycles. The van der Waals surface area contributed by atoms with Crippen LogP contribution >= 0.6 is 0 Å². The molecule has 1 heterocycles. The maximum absolute atomic E-state index is 3.55.